The molecule has 1 heterocycles. The van der Waals surface area contributed by atoms with Crippen molar-refractivity contribution in [3.8, 4) is 0 Å². The van der Waals surface area contributed by atoms with Crippen LogP contribution in [-0.2, 0) is 16.1 Å². The third-order valence-electron chi connectivity index (χ3n) is 4.45. The molecule has 144 valence electrons. The van der Waals surface area contributed by atoms with Gasteiger partial charge < -0.3 is 14.0 Å². The maximum absolute atomic E-state index is 12.8. The molecule has 1 saturated carbocycles. The van der Waals surface area contributed by atoms with Gasteiger partial charge in [-0.15, -0.1) is 0 Å². The molecule has 6 heteroatoms. The molecule has 0 bridgehead atoms. The second-order valence-corrected chi connectivity index (χ2v) is 7.74. The van der Waals surface area contributed by atoms with E-state index in [-0.39, 0.29) is 23.4 Å². The summed E-state index contributed by atoms with van der Waals surface area (Å²) in [5.41, 5.74) is 0.444. The van der Waals surface area contributed by atoms with E-state index < -0.39 is 11.7 Å². The number of ether oxygens (including phenoxy) is 2. The van der Waals surface area contributed by atoms with Crippen molar-refractivity contribution in [1.29, 1.82) is 0 Å². The Morgan fingerprint density at radius 1 is 1.15 bits per heavy atom. The van der Waals surface area contributed by atoms with Gasteiger partial charge in [-0.25, -0.2) is 4.79 Å². The smallest absolute Gasteiger partial charge is 0.412 e. The molecule has 1 amide bonds. The molecule has 27 heavy (non-hydrogen) atoms. The molecule has 1 aliphatic carbocycles. The molecule has 1 unspecified atom stereocenters. The number of nitrogens with zero attached hydrogens (tertiary/aromatic N) is 1. The maximum atomic E-state index is 12.8. The molecule has 2 atom stereocenters. The Morgan fingerprint density at radius 2 is 1.89 bits per heavy atom. The number of amides is 1. The normalized spacial score (nSPS) is 19.2. The zero-order valence-corrected chi connectivity index (χ0v) is 16.0. The van der Waals surface area contributed by atoms with Gasteiger partial charge in [-0.1, -0.05) is 30.3 Å². The minimum absolute atomic E-state index is 0.0142. The molecule has 6 nitrogen and oxygen atoms in total. The van der Waals surface area contributed by atoms with E-state index in [1.165, 1.54) is 0 Å². The molecule has 1 N–H and O–H groups in total. The molecule has 1 aromatic heterocycles. The topological polar surface area (TPSA) is 69.6 Å². The maximum Gasteiger partial charge on any atom is 0.412 e. The van der Waals surface area contributed by atoms with Gasteiger partial charge >= 0.3 is 6.09 Å². The van der Waals surface area contributed by atoms with E-state index in [1.807, 2.05) is 30.3 Å². The van der Waals surface area contributed by atoms with Crippen molar-refractivity contribution >= 4 is 11.8 Å². The summed E-state index contributed by atoms with van der Waals surface area (Å²) in [6, 6.07) is 13.3. The zero-order valence-electron chi connectivity index (χ0n) is 16.0. The lowest BCUT2D eigenvalue weighted by molar-refractivity contribution is -0.0502. The predicted molar refractivity (Wildman–Crippen MR) is 104 cm³/mol. The molecule has 0 radical (unpaired) electrons. The van der Waals surface area contributed by atoms with E-state index >= 15 is 0 Å². The van der Waals surface area contributed by atoms with Gasteiger partial charge in [-0.2, -0.15) is 0 Å². The van der Waals surface area contributed by atoms with Crippen molar-refractivity contribution in [2.24, 2.45) is 0 Å². The van der Waals surface area contributed by atoms with E-state index in [0.717, 1.165) is 18.4 Å². The summed E-state index contributed by atoms with van der Waals surface area (Å²) >= 11 is 0. The van der Waals surface area contributed by atoms with Crippen molar-refractivity contribution in [2.45, 2.75) is 58.0 Å². The molecule has 3 rings (SSSR count). The van der Waals surface area contributed by atoms with E-state index in [0.29, 0.717) is 6.61 Å². The molecule has 1 aromatic carbocycles. The van der Waals surface area contributed by atoms with E-state index in [2.05, 4.69) is 5.32 Å². The first-order chi connectivity index (χ1) is 12.8. The Balaban J connectivity index is 1.66. The van der Waals surface area contributed by atoms with Crippen LogP contribution in [0.5, 0.6) is 0 Å². The molecule has 1 fully saturated rings. The summed E-state index contributed by atoms with van der Waals surface area (Å²) in [7, 11) is 0. The van der Waals surface area contributed by atoms with E-state index in [9.17, 15) is 9.59 Å². The van der Waals surface area contributed by atoms with Crippen LogP contribution >= 0.6 is 0 Å². The first kappa shape index (κ1) is 19.2. The SMILES string of the molecule is CC(C)(C)OC(=O)Nc1cccn(C2CC[C@H]2OCc2ccccc2)c1=O. The first-order valence-electron chi connectivity index (χ1n) is 9.20. The van der Waals surface area contributed by atoms with Crippen molar-refractivity contribution < 1.29 is 14.3 Å². The number of aromatic nitrogens is 1. The van der Waals surface area contributed by atoms with E-state index in [1.54, 1.807) is 43.7 Å². The monoisotopic (exact) mass is 370 g/mol. The van der Waals surface area contributed by atoms with Crippen LogP contribution in [0.15, 0.2) is 53.5 Å². The van der Waals surface area contributed by atoms with Crippen molar-refractivity contribution in [3.63, 3.8) is 0 Å². The second-order valence-electron chi connectivity index (χ2n) is 7.74. The van der Waals surface area contributed by atoms with Gasteiger partial charge in [0.25, 0.3) is 5.56 Å². The number of hydrogen-bond donors (Lipinski definition) is 1. The average molecular weight is 370 g/mol. The first-order valence-corrected chi connectivity index (χ1v) is 9.20. The number of anilines is 1. The highest BCUT2D eigenvalue weighted by Crippen LogP contribution is 2.34. The van der Waals surface area contributed by atoms with Crippen molar-refractivity contribution in [2.75, 3.05) is 5.32 Å². The molecule has 1 aliphatic rings. The quantitative estimate of drug-likeness (QED) is 0.860. The van der Waals surface area contributed by atoms with Crippen molar-refractivity contribution in [1.82, 2.24) is 4.57 Å². The number of rotatable bonds is 5. The number of pyridine rings is 1. The van der Waals surface area contributed by atoms with Crippen LogP contribution in [0.25, 0.3) is 0 Å². The Kier molecular flexibility index (Phi) is 5.65. The molecular weight excluding hydrogens is 344 g/mol. The Hall–Kier alpha value is -2.60. The highest BCUT2D eigenvalue weighted by atomic mass is 16.6. The summed E-state index contributed by atoms with van der Waals surface area (Å²) in [5.74, 6) is 0. The van der Waals surface area contributed by atoms with Crippen LogP contribution in [0.1, 0.15) is 45.2 Å². The fourth-order valence-corrected chi connectivity index (χ4v) is 3.02. The zero-order chi connectivity index (χ0) is 19.4. The third-order valence-corrected chi connectivity index (χ3v) is 4.45. The summed E-state index contributed by atoms with van der Waals surface area (Å²) < 4.78 is 12.9. The van der Waals surface area contributed by atoms with Crippen LogP contribution in [-0.4, -0.2) is 22.4 Å². The highest BCUT2D eigenvalue weighted by molar-refractivity contribution is 5.84. The van der Waals surface area contributed by atoms with Crippen LogP contribution < -0.4 is 10.9 Å². The molecule has 2 aromatic rings. The van der Waals surface area contributed by atoms with Crippen LogP contribution in [0, 0.1) is 0 Å². The molecular formula is C21H26N2O4. The summed E-state index contributed by atoms with van der Waals surface area (Å²) in [6.07, 6.45) is 2.87. The highest BCUT2D eigenvalue weighted by Gasteiger charge is 2.34. The van der Waals surface area contributed by atoms with Gasteiger partial charge in [0.15, 0.2) is 0 Å². The number of benzene rings is 1. The van der Waals surface area contributed by atoms with Gasteiger partial charge in [0.05, 0.1) is 18.8 Å². The third kappa shape index (κ3) is 4.98. The fourth-order valence-electron chi connectivity index (χ4n) is 3.02. The number of carbonyl (C=O) groups excluding carboxylic acids is 1. The van der Waals surface area contributed by atoms with Crippen molar-refractivity contribution in [3.05, 3.63) is 64.6 Å². The van der Waals surface area contributed by atoms with Gasteiger partial charge in [0, 0.05) is 6.20 Å². The summed E-state index contributed by atoms with van der Waals surface area (Å²) in [5, 5.41) is 2.55. The predicted octanol–water partition coefficient (Wildman–Crippen LogP) is 4.12. The van der Waals surface area contributed by atoms with Gasteiger partial charge in [-0.3, -0.25) is 10.1 Å². The largest absolute Gasteiger partial charge is 0.444 e. The number of nitrogens with one attached hydrogen (secondary N) is 1. The summed E-state index contributed by atoms with van der Waals surface area (Å²) in [6.45, 7) is 5.85. The van der Waals surface area contributed by atoms with Gasteiger partial charge in [-0.05, 0) is 51.3 Å². The minimum Gasteiger partial charge on any atom is -0.444 e. The van der Waals surface area contributed by atoms with E-state index in [4.69, 9.17) is 9.47 Å². The molecule has 0 spiro atoms. The number of hydrogen-bond acceptors (Lipinski definition) is 4. The standard InChI is InChI=1S/C21H26N2O4/c1-21(2,3)27-20(25)22-16-10-7-13-23(19(16)24)17-11-12-18(17)26-14-15-8-5-4-6-9-15/h4-10,13,17-18H,11-12,14H2,1-3H3,(H,22,25)/t17?,18-/m1/s1. The lowest BCUT2D eigenvalue weighted by atomic mass is 9.88. The minimum atomic E-state index is -0.636. The van der Waals surface area contributed by atoms with Crippen LogP contribution in [0.2, 0.25) is 0 Å². The number of carbonyl (C=O) groups is 1. The Labute approximate surface area is 159 Å². The lowest BCUT2D eigenvalue weighted by Crippen LogP contribution is -2.41. The van der Waals surface area contributed by atoms with Crippen LogP contribution in [0.4, 0.5) is 10.5 Å². The summed E-state index contributed by atoms with van der Waals surface area (Å²) in [4.78, 5) is 24.7. The van der Waals surface area contributed by atoms with Gasteiger partial charge in [0.2, 0.25) is 0 Å². The average Bonchev–Trinajstić information content (AvgIpc) is 2.57. The lowest BCUT2D eigenvalue weighted by Gasteiger charge is -2.37. The fraction of sp³-hybridized carbons (Fsp3) is 0.429. The van der Waals surface area contributed by atoms with Crippen LogP contribution in [0.3, 0.4) is 0 Å². The molecule has 0 aliphatic heterocycles. The van der Waals surface area contributed by atoms with Gasteiger partial charge in [0.1, 0.15) is 11.3 Å². The Morgan fingerprint density at radius 3 is 2.52 bits per heavy atom. The second kappa shape index (κ2) is 7.96. The Bertz CT molecular complexity index is 839. The molecule has 0 saturated heterocycles.